The number of anilines is 8. The SMILES string of the molecule is Cc1cc(Nc2nccc(-c3cn(C)cn3)n2)cc2cc(C(=O)N3CCC(N4CCCC4=O)CC3)[nH]c12.Cc1cc(Nc2nccc(-c3cn(C)cn3)n2)cc2cc(C(=O)N3CCN(C)CC3)[nH]c12.Cc1cc(Nc2nccc(-c3cn(C)cn3)n2)cc2cc(C(=O)NCCCN3CCOCC3)[nH]c12.Cc1cc(Nc2nccc(-c3cn(C)cn3)n2)cc2cc(C(=O)NCCN3CCOCC3)[nH]c12. The second-order valence-electron chi connectivity index (χ2n) is 35.6. The van der Waals surface area contributed by atoms with Gasteiger partial charge in [-0.25, -0.2) is 59.8 Å². The molecule has 10 N–H and O–H groups in total. The van der Waals surface area contributed by atoms with Crippen molar-refractivity contribution in [1.82, 2.24) is 138 Å². The topological polar surface area (TPSA) is 433 Å². The van der Waals surface area contributed by atoms with Gasteiger partial charge in [0.15, 0.2) is 0 Å². The Bertz CT molecular complexity index is 7050. The molecule has 16 aromatic rings. The second kappa shape index (κ2) is 42.2. The molecule has 0 bridgehead atoms. The summed E-state index contributed by atoms with van der Waals surface area (Å²) >= 11 is 0. The fraction of sp³-hybridized carbons (Fsp3) is 0.343. The summed E-state index contributed by atoms with van der Waals surface area (Å²) in [7, 11) is 9.77. The monoisotopic (exact) mass is 1860 g/mol. The number of morpholine rings is 2. The number of imidazole rings is 4. The van der Waals surface area contributed by atoms with Crippen molar-refractivity contribution in [3.63, 3.8) is 0 Å². The van der Waals surface area contributed by atoms with Crippen molar-refractivity contribution >= 4 is 120 Å². The van der Waals surface area contributed by atoms with Crippen LogP contribution >= 0.6 is 0 Å². The van der Waals surface area contributed by atoms with Gasteiger partial charge in [-0.1, -0.05) is 0 Å². The Hall–Kier alpha value is -15.5. The van der Waals surface area contributed by atoms with Crippen molar-refractivity contribution in [2.45, 2.75) is 65.8 Å². The maximum atomic E-state index is 13.3. The Morgan fingerprint density at radius 1 is 0.377 bits per heavy atom. The molecule has 0 unspecified atom stereocenters. The number of rotatable bonds is 24. The molecule has 0 aliphatic carbocycles. The summed E-state index contributed by atoms with van der Waals surface area (Å²) in [4.78, 5) is 143. The molecule has 5 fully saturated rings. The number of carbonyl (C=O) groups is 5. The molecule has 5 amide bonds. The third-order valence-corrected chi connectivity index (χ3v) is 25.1. The molecule has 39 heteroatoms. The molecule has 17 heterocycles. The van der Waals surface area contributed by atoms with Gasteiger partial charge in [0.05, 0.1) is 74.5 Å². The van der Waals surface area contributed by atoms with E-state index in [1.54, 1.807) is 50.1 Å². The maximum absolute atomic E-state index is 13.3. The van der Waals surface area contributed by atoms with Gasteiger partial charge in [0.1, 0.15) is 45.6 Å². The first-order valence-corrected chi connectivity index (χ1v) is 46.6. The van der Waals surface area contributed by atoms with Crippen LogP contribution in [0.5, 0.6) is 0 Å². The van der Waals surface area contributed by atoms with E-state index < -0.39 is 0 Å². The van der Waals surface area contributed by atoms with E-state index in [0.29, 0.717) is 79.2 Å². The van der Waals surface area contributed by atoms with Crippen LogP contribution in [0, 0.1) is 27.7 Å². The second-order valence-corrected chi connectivity index (χ2v) is 35.6. The van der Waals surface area contributed by atoms with E-state index in [0.717, 1.165) is 258 Å². The Morgan fingerprint density at radius 2 is 0.710 bits per heavy atom. The minimum atomic E-state index is -0.107. The number of aryl methyl sites for hydroxylation is 8. The number of nitrogens with one attached hydrogen (secondary N) is 10. The van der Waals surface area contributed by atoms with Crippen molar-refractivity contribution in [3.05, 3.63) is 217 Å². The molecular formula is C99H114N32O7. The summed E-state index contributed by atoms with van der Waals surface area (Å²) in [5.41, 5.74) is 19.7. The van der Waals surface area contributed by atoms with Crippen LogP contribution in [0.15, 0.2) is 172 Å². The highest BCUT2D eigenvalue weighted by atomic mass is 16.5. The standard InChI is InChI=1S/C27H30N8O2.C25H30N8O2.C24H28N8O2.C23H26N8O/c1-17-12-19(30-27-28-8-5-21(32-27)23-15-33(2)16-29-23)13-18-14-22(31-25(17)18)26(37)34-10-6-20(7-11-34)35-9-3-4-24(35)36;1-17-12-19(29-25-27-6-4-20(31-25)22-15-32(2)16-28-22)13-18-14-21(30-23(17)18)24(34)26-5-3-7-33-8-10-35-11-9-33;1-16-11-18(28-24-26-4-3-19(30-24)21-14-31(2)15-27-21)12-17-13-20(29-22(16)17)23(33)25-5-6-32-7-9-34-10-8-32;1-15-10-17(26-23-24-5-4-18(28-23)20-13-30(3)14-25-20)11-16-12-19(27-21(15)16)22(32)31-8-6-29(2)7-9-31/h5,8,12-16,20,31H,3-4,6-7,9-11H2,1-2H3,(H,28,30,32);4,6,12-16,30H,3,5,7-11H2,1-2H3,(H,26,34)(H,27,29,31);3-4,11-15,29H,5-10H2,1-2H3,(H,25,33)(H,26,28,30);4-5,10-14,27H,6-9H2,1-3H3,(H,24,26,28). The number of piperidine rings is 1. The van der Waals surface area contributed by atoms with Crippen LogP contribution in [0.1, 0.15) is 96.3 Å². The lowest BCUT2D eigenvalue weighted by molar-refractivity contribution is -0.130. The molecule has 5 aliphatic rings. The number of ether oxygens (including phenoxy) is 2. The minimum Gasteiger partial charge on any atom is -0.379 e. The number of piperazine rings is 1. The van der Waals surface area contributed by atoms with Gasteiger partial charge in [-0.05, 0) is 186 Å². The largest absolute Gasteiger partial charge is 0.379 e. The maximum Gasteiger partial charge on any atom is 0.270 e. The number of benzene rings is 4. The van der Waals surface area contributed by atoms with Crippen molar-refractivity contribution in [3.8, 4) is 45.6 Å². The third kappa shape index (κ3) is 22.7. The Morgan fingerprint density at radius 3 is 1.05 bits per heavy atom. The van der Waals surface area contributed by atoms with Crippen LogP contribution in [-0.4, -0.2) is 295 Å². The summed E-state index contributed by atoms with van der Waals surface area (Å²) in [6, 6.07) is 31.3. The number of nitrogens with zero attached hydrogens (tertiary/aromatic N) is 22. The molecule has 12 aromatic heterocycles. The van der Waals surface area contributed by atoms with Gasteiger partial charge in [0, 0.05) is 248 Å². The average molecular weight is 1860 g/mol. The lowest BCUT2D eigenvalue weighted by Crippen LogP contribution is -2.47. The van der Waals surface area contributed by atoms with Crippen molar-refractivity contribution in [2.75, 3.05) is 153 Å². The van der Waals surface area contributed by atoms with Crippen LogP contribution in [-0.2, 0) is 42.5 Å². The first-order chi connectivity index (χ1) is 67.0. The number of fused-ring (bicyclic) bond motifs is 4. The summed E-state index contributed by atoms with van der Waals surface area (Å²) in [6.45, 7) is 23.4. The summed E-state index contributed by atoms with van der Waals surface area (Å²) in [5.74, 6) is 2.06. The van der Waals surface area contributed by atoms with Crippen LogP contribution in [0.4, 0.5) is 46.5 Å². The zero-order valence-corrected chi connectivity index (χ0v) is 78.9. The van der Waals surface area contributed by atoms with Crippen LogP contribution in [0.25, 0.3) is 89.2 Å². The Balaban J connectivity index is 0.000000122. The number of hydrogen-bond acceptors (Lipinski definition) is 26. The first kappa shape index (κ1) is 93.0. The highest BCUT2D eigenvalue weighted by molar-refractivity contribution is 6.03. The van der Waals surface area contributed by atoms with Gasteiger partial charge in [-0.3, -0.25) is 33.8 Å². The fourth-order valence-corrected chi connectivity index (χ4v) is 17.9. The molecule has 0 atom stereocenters. The highest BCUT2D eigenvalue weighted by Crippen LogP contribution is 2.34. The summed E-state index contributed by atoms with van der Waals surface area (Å²) < 4.78 is 18.3. The smallest absolute Gasteiger partial charge is 0.270 e. The molecule has 21 rings (SSSR count). The summed E-state index contributed by atoms with van der Waals surface area (Å²) in [5, 5.41) is 23.0. The van der Waals surface area contributed by atoms with Crippen LogP contribution < -0.4 is 31.9 Å². The van der Waals surface area contributed by atoms with E-state index in [4.69, 9.17) is 9.47 Å². The van der Waals surface area contributed by atoms with Gasteiger partial charge in [-0.2, -0.15) is 0 Å². The number of H-pyrrole nitrogens is 4. The van der Waals surface area contributed by atoms with E-state index in [2.05, 4.69) is 133 Å². The van der Waals surface area contributed by atoms with Gasteiger partial charge in [0.2, 0.25) is 29.7 Å². The molecule has 712 valence electrons. The lowest BCUT2D eigenvalue weighted by Gasteiger charge is -2.36. The number of likely N-dealkylation sites (N-methyl/N-ethyl adjacent to an activating group) is 1. The zero-order valence-electron chi connectivity index (χ0n) is 78.9. The molecule has 39 nitrogen and oxygen atoms in total. The molecule has 0 saturated carbocycles. The molecule has 138 heavy (non-hydrogen) atoms. The van der Waals surface area contributed by atoms with E-state index in [1.807, 2.05) is 211 Å². The van der Waals surface area contributed by atoms with Crippen molar-refractivity contribution in [2.24, 2.45) is 28.2 Å². The number of hydrogen-bond donors (Lipinski definition) is 10. The lowest BCUT2D eigenvalue weighted by atomic mass is 10.0. The number of carbonyl (C=O) groups excluding carboxylic acids is 5. The fourth-order valence-electron chi connectivity index (χ4n) is 17.9. The van der Waals surface area contributed by atoms with E-state index >= 15 is 0 Å². The van der Waals surface area contributed by atoms with Gasteiger partial charge >= 0.3 is 0 Å². The van der Waals surface area contributed by atoms with Crippen LogP contribution in [0.3, 0.4) is 0 Å². The number of amides is 5. The van der Waals surface area contributed by atoms with Gasteiger partial charge < -0.3 is 99.2 Å². The van der Waals surface area contributed by atoms with Crippen molar-refractivity contribution in [1.29, 1.82) is 0 Å². The van der Waals surface area contributed by atoms with Gasteiger partial charge in [-0.15, -0.1) is 0 Å². The quantitative estimate of drug-likeness (QED) is 0.0251. The molecule has 0 spiro atoms. The minimum absolute atomic E-state index is 0.00250. The molecule has 4 aromatic carbocycles. The zero-order chi connectivity index (χ0) is 95.5. The number of aromatic amines is 4. The molecule has 0 radical (unpaired) electrons. The Labute approximate surface area is 796 Å². The van der Waals surface area contributed by atoms with E-state index in [-0.39, 0.29) is 35.6 Å². The Kier molecular flexibility index (Phi) is 28.4. The first-order valence-electron chi connectivity index (χ1n) is 46.6. The summed E-state index contributed by atoms with van der Waals surface area (Å²) in [6.07, 6.45) is 25.7. The van der Waals surface area contributed by atoms with Crippen LogP contribution in [0.2, 0.25) is 0 Å². The highest BCUT2D eigenvalue weighted by Gasteiger charge is 2.33. The average Bonchev–Trinajstić information content (AvgIpc) is 1.66. The molecular weight excluding hydrogens is 1750 g/mol. The number of aromatic nitrogens is 20. The predicted octanol–water partition coefficient (Wildman–Crippen LogP) is 11.8. The van der Waals surface area contributed by atoms with E-state index in [1.165, 1.54) is 0 Å². The number of likely N-dealkylation sites (tertiary alicyclic amines) is 2. The third-order valence-electron chi connectivity index (χ3n) is 25.1. The predicted molar refractivity (Wildman–Crippen MR) is 529 cm³/mol. The molecule has 5 saturated heterocycles. The van der Waals surface area contributed by atoms with Gasteiger partial charge in [0.25, 0.3) is 23.6 Å². The normalized spacial score (nSPS) is 15.1. The molecule has 5 aliphatic heterocycles. The van der Waals surface area contributed by atoms with Crippen molar-refractivity contribution < 1.29 is 33.4 Å². The van der Waals surface area contributed by atoms with E-state index in [9.17, 15) is 24.0 Å².